The highest BCUT2D eigenvalue weighted by molar-refractivity contribution is 6.09. The monoisotopic (exact) mass is 449 g/mol. The largest absolute Gasteiger partial charge is 0.508 e. The SMILES string of the molecule is C/C=C(\CC/C=C/OC)Cn1c(C(=O)OCC)c(-c2ccc(OC)cc2)c2cc(O)ccc21. The Hall–Kier alpha value is -3.67. The van der Waals surface area contributed by atoms with Crippen molar-refractivity contribution in [2.75, 3.05) is 20.8 Å². The van der Waals surface area contributed by atoms with Gasteiger partial charge in [-0.3, -0.25) is 0 Å². The molecule has 0 bridgehead atoms. The molecule has 3 aromatic rings. The molecule has 6 heteroatoms. The van der Waals surface area contributed by atoms with Gasteiger partial charge in [0, 0.05) is 23.0 Å². The number of fused-ring (bicyclic) bond motifs is 1. The molecule has 0 aliphatic rings. The Labute approximate surface area is 194 Å². The third-order valence-corrected chi connectivity index (χ3v) is 5.53. The lowest BCUT2D eigenvalue weighted by atomic mass is 10.0. The molecule has 2 aromatic carbocycles. The molecule has 0 radical (unpaired) electrons. The normalized spacial score (nSPS) is 11.8. The fraction of sp³-hybridized carbons (Fsp3) is 0.296. The van der Waals surface area contributed by atoms with E-state index in [0.717, 1.165) is 40.6 Å². The summed E-state index contributed by atoms with van der Waals surface area (Å²) in [6.45, 7) is 4.60. The Kier molecular flexibility index (Phi) is 8.19. The van der Waals surface area contributed by atoms with E-state index in [1.807, 2.05) is 47.9 Å². The van der Waals surface area contributed by atoms with E-state index in [1.165, 1.54) is 5.57 Å². The molecule has 1 heterocycles. The van der Waals surface area contributed by atoms with E-state index < -0.39 is 5.97 Å². The van der Waals surface area contributed by atoms with Crippen LogP contribution >= 0.6 is 0 Å². The summed E-state index contributed by atoms with van der Waals surface area (Å²) in [5.41, 5.74) is 4.07. The van der Waals surface area contributed by atoms with Crippen LogP contribution < -0.4 is 4.74 Å². The second kappa shape index (κ2) is 11.3. The first-order valence-corrected chi connectivity index (χ1v) is 11.0. The van der Waals surface area contributed by atoms with E-state index >= 15 is 0 Å². The Bertz CT molecular complexity index is 1160. The molecule has 0 saturated carbocycles. The van der Waals surface area contributed by atoms with Crippen molar-refractivity contribution >= 4 is 16.9 Å². The van der Waals surface area contributed by atoms with Gasteiger partial charge < -0.3 is 23.9 Å². The minimum Gasteiger partial charge on any atom is -0.508 e. The average Bonchev–Trinajstić information content (AvgIpc) is 3.14. The fourth-order valence-corrected chi connectivity index (χ4v) is 3.92. The summed E-state index contributed by atoms with van der Waals surface area (Å²) in [6, 6.07) is 12.7. The molecule has 0 aliphatic heterocycles. The second-order valence-electron chi connectivity index (χ2n) is 7.55. The number of hydrogen-bond donors (Lipinski definition) is 1. The number of carbonyl (C=O) groups excluding carboxylic acids is 1. The van der Waals surface area contributed by atoms with Gasteiger partial charge in [0.25, 0.3) is 0 Å². The van der Waals surface area contributed by atoms with E-state index in [-0.39, 0.29) is 12.4 Å². The molecule has 0 unspecified atom stereocenters. The zero-order valence-corrected chi connectivity index (χ0v) is 19.6. The van der Waals surface area contributed by atoms with Crippen LogP contribution in [0.2, 0.25) is 0 Å². The van der Waals surface area contributed by atoms with Crippen molar-refractivity contribution in [3.8, 4) is 22.6 Å². The van der Waals surface area contributed by atoms with Gasteiger partial charge in [-0.15, -0.1) is 0 Å². The van der Waals surface area contributed by atoms with E-state index in [0.29, 0.717) is 12.2 Å². The summed E-state index contributed by atoms with van der Waals surface area (Å²) in [5, 5.41) is 11.0. The molecule has 0 fully saturated rings. The van der Waals surface area contributed by atoms with Gasteiger partial charge in [-0.25, -0.2) is 4.79 Å². The molecular formula is C27H31NO5. The number of rotatable bonds is 10. The second-order valence-corrected chi connectivity index (χ2v) is 7.55. The molecule has 1 N–H and O–H groups in total. The lowest BCUT2D eigenvalue weighted by Crippen LogP contribution is -2.14. The highest BCUT2D eigenvalue weighted by atomic mass is 16.5. The fourth-order valence-electron chi connectivity index (χ4n) is 3.92. The van der Waals surface area contributed by atoms with E-state index in [4.69, 9.17) is 14.2 Å². The number of phenolic OH excluding ortho intramolecular Hbond substituents is 1. The maximum absolute atomic E-state index is 13.2. The predicted octanol–water partition coefficient (Wildman–Crippen LogP) is 6.09. The van der Waals surface area contributed by atoms with Crippen LogP contribution in [0.1, 0.15) is 37.2 Å². The van der Waals surface area contributed by atoms with Gasteiger partial charge in [0.15, 0.2) is 0 Å². The van der Waals surface area contributed by atoms with Crippen molar-refractivity contribution in [1.29, 1.82) is 0 Å². The summed E-state index contributed by atoms with van der Waals surface area (Å²) >= 11 is 0. The Morgan fingerprint density at radius 2 is 1.88 bits per heavy atom. The van der Waals surface area contributed by atoms with Crippen LogP contribution in [0.5, 0.6) is 11.5 Å². The van der Waals surface area contributed by atoms with Crippen LogP contribution in [0.3, 0.4) is 0 Å². The van der Waals surface area contributed by atoms with Crippen LogP contribution in [0.25, 0.3) is 22.0 Å². The molecule has 1 aromatic heterocycles. The Morgan fingerprint density at radius 3 is 2.52 bits per heavy atom. The number of phenols is 1. The summed E-state index contributed by atoms with van der Waals surface area (Å²) in [7, 11) is 3.24. The lowest BCUT2D eigenvalue weighted by Gasteiger charge is -2.14. The number of aromatic nitrogens is 1. The first-order chi connectivity index (χ1) is 16.0. The summed E-state index contributed by atoms with van der Waals surface area (Å²) in [5.74, 6) is 0.470. The molecule has 174 valence electrons. The van der Waals surface area contributed by atoms with Crippen molar-refractivity contribution in [3.63, 3.8) is 0 Å². The summed E-state index contributed by atoms with van der Waals surface area (Å²) in [4.78, 5) is 13.2. The van der Waals surface area contributed by atoms with Crippen LogP contribution in [-0.4, -0.2) is 36.5 Å². The first kappa shape index (κ1) is 24.0. The molecule has 0 amide bonds. The maximum Gasteiger partial charge on any atom is 0.355 e. The number of carbonyl (C=O) groups is 1. The van der Waals surface area contributed by atoms with E-state index in [1.54, 1.807) is 39.5 Å². The average molecular weight is 450 g/mol. The molecule has 0 spiro atoms. The number of esters is 1. The van der Waals surface area contributed by atoms with Crippen LogP contribution in [0.4, 0.5) is 0 Å². The van der Waals surface area contributed by atoms with Crippen molar-refractivity contribution in [1.82, 2.24) is 4.57 Å². The van der Waals surface area contributed by atoms with Crippen molar-refractivity contribution in [2.45, 2.75) is 33.2 Å². The highest BCUT2D eigenvalue weighted by Crippen LogP contribution is 2.38. The third-order valence-electron chi connectivity index (χ3n) is 5.53. The van der Waals surface area contributed by atoms with Gasteiger partial charge in [-0.05, 0) is 68.7 Å². The highest BCUT2D eigenvalue weighted by Gasteiger charge is 2.25. The van der Waals surface area contributed by atoms with Crippen LogP contribution in [0, 0.1) is 0 Å². The number of methoxy groups -OCH3 is 2. The quantitative estimate of drug-likeness (QED) is 0.231. The van der Waals surface area contributed by atoms with Gasteiger partial charge in [0.05, 0.1) is 27.1 Å². The lowest BCUT2D eigenvalue weighted by molar-refractivity contribution is 0.0516. The number of benzene rings is 2. The topological polar surface area (TPSA) is 69.9 Å². The number of allylic oxidation sites excluding steroid dienone is 3. The van der Waals surface area contributed by atoms with Gasteiger partial charge in [0.2, 0.25) is 0 Å². The van der Waals surface area contributed by atoms with Crippen molar-refractivity contribution in [3.05, 3.63) is 72.1 Å². The van der Waals surface area contributed by atoms with E-state index in [2.05, 4.69) is 6.08 Å². The molecule has 33 heavy (non-hydrogen) atoms. The van der Waals surface area contributed by atoms with Gasteiger partial charge in [-0.2, -0.15) is 0 Å². The van der Waals surface area contributed by atoms with E-state index in [9.17, 15) is 9.90 Å². The summed E-state index contributed by atoms with van der Waals surface area (Å²) in [6.07, 6.45) is 7.38. The minimum atomic E-state index is -0.395. The van der Waals surface area contributed by atoms with Gasteiger partial charge >= 0.3 is 5.97 Å². The number of aromatic hydroxyl groups is 1. The number of ether oxygens (including phenoxy) is 3. The smallest absolute Gasteiger partial charge is 0.355 e. The van der Waals surface area contributed by atoms with Crippen LogP contribution in [-0.2, 0) is 16.0 Å². The number of hydrogen-bond acceptors (Lipinski definition) is 5. The first-order valence-electron chi connectivity index (χ1n) is 11.0. The maximum atomic E-state index is 13.2. The number of nitrogens with zero attached hydrogens (tertiary/aromatic N) is 1. The molecule has 0 atom stereocenters. The molecular weight excluding hydrogens is 418 g/mol. The standard InChI is InChI=1S/C27H31NO5/c1-5-19(9-7-8-16-31-3)18-28-24-15-12-21(29)17-23(24)25(26(28)27(30)33-6-2)20-10-13-22(32-4)14-11-20/h5,8,10-17,29H,6-7,9,18H2,1-4H3/b16-8+,19-5+. The Balaban J connectivity index is 2.19. The minimum absolute atomic E-state index is 0.140. The zero-order valence-electron chi connectivity index (χ0n) is 19.6. The van der Waals surface area contributed by atoms with Crippen molar-refractivity contribution < 1.29 is 24.1 Å². The molecule has 3 rings (SSSR count). The molecule has 0 aliphatic carbocycles. The van der Waals surface area contributed by atoms with Crippen LogP contribution in [0.15, 0.2) is 66.5 Å². The predicted molar refractivity (Wildman–Crippen MR) is 131 cm³/mol. The Morgan fingerprint density at radius 1 is 1.12 bits per heavy atom. The molecule has 0 saturated heterocycles. The summed E-state index contributed by atoms with van der Waals surface area (Å²) < 4.78 is 17.7. The zero-order chi connectivity index (χ0) is 23.8. The van der Waals surface area contributed by atoms with Gasteiger partial charge in [-0.1, -0.05) is 23.8 Å². The third kappa shape index (κ3) is 5.40. The van der Waals surface area contributed by atoms with Gasteiger partial charge in [0.1, 0.15) is 17.2 Å². The van der Waals surface area contributed by atoms with Crippen molar-refractivity contribution in [2.24, 2.45) is 0 Å². The molecule has 6 nitrogen and oxygen atoms in total.